The highest BCUT2D eigenvalue weighted by Crippen LogP contribution is 2.47. The maximum Gasteiger partial charge on any atom is 0.309 e. The smallest absolute Gasteiger partial charge is 0.309 e. The number of hydrogen-bond acceptors (Lipinski definition) is 3. The lowest BCUT2D eigenvalue weighted by Gasteiger charge is -2.38. The summed E-state index contributed by atoms with van der Waals surface area (Å²) in [6.07, 6.45) is -0.0298. The number of ether oxygens (including phenoxy) is 1. The molecule has 24 heavy (non-hydrogen) atoms. The number of carboxylic acid groups (broad SMARTS) is 1. The van der Waals surface area contributed by atoms with Crippen LogP contribution < -0.4 is 9.64 Å². The number of hydrogen-bond donors (Lipinski definition) is 1. The first-order valence-electron chi connectivity index (χ1n) is 7.74. The van der Waals surface area contributed by atoms with E-state index in [9.17, 15) is 14.7 Å². The van der Waals surface area contributed by atoms with E-state index >= 15 is 0 Å². The summed E-state index contributed by atoms with van der Waals surface area (Å²) in [6, 6.07) is 16.4. The van der Waals surface area contributed by atoms with Gasteiger partial charge in [0.05, 0.1) is 18.6 Å². The van der Waals surface area contributed by atoms with Gasteiger partial charge in [-0.05, 0) is 36.8 Å². The Kier molecular flexibility index (Phi) is 4.01. The van der Waals surface area contributed by atoms with Gasteiger partial charge >= 0.3 is 5.97 Å². The number of anilines is 1. The van der Waals surface area contributed by atoms with Gasteiger partial charge in [-0.3, -0.25) is 9.59 Å². The molecule has 124 valence electrons. The molecule has 2 unspecified atom stereocenters. The van der Waals surface area contributed by atoms with E-state index in [0.29, 0.717) is 11.4 Å². The number of rotatable bonds is 4. The molecule has 0 saturated carbocycles. The second-order valence-corrected chi connectivity index (χ2v) is 6.04. The Morgan fingerprint density at radius 3 is 2.54 bits per heavy atom. The van der Waals surface area contributed by atoms with Crippen LogP contribution >= 0.6 is 0 Å². The summed E-state index contributed by atoms with van der Waals surface area (Å²) in [6.45, 7) is 1.80. The minimum absolute atomic E-state index is 0.0298. The van der Waals surface area contributed by atoms with Crippen molar-refractivity contribution < 1.29 is 19.4 Å². The molecule has 1 N–H and O–H groups in total. The van der Waals surface area contributed by atoms with Crippen molar-refractivity contribution in [1.82, 2.24) is 0 Å². The van der Waals surface area contributed by atoms with Crippen molar-refractivity contribution >= 4 is 17.6 Å². The van der Waals surface area contributed by atoms with Crippen LogP contribution in [0.4, 0.5) is 5.69 Å². The third-order valence-electron chi connectivity index (χ3n) is 4.74. The SMILES string of the molecule is COc1cccc(C2(C)C(C(=O)O)CC(=O)N2c2ccccc2)c1. The first kappa shape index (κ1) is 16.1. The molecular formula is C19H19NO4. The van der Waals surface area contributed by atoms with Crippen molar-refractivity contribution in [1.29, 1.82) is 0 Å². The molecule has 1 saturated heterocycles. The zero-order valence-corrected chi connectivity index (χ0v) is 13.6. The highest BCUT2D eigenvalue weighted by Gasteiger charge is 2.54. The minimum Gasteiger partial charge on any atom is -0.497 e. The number of carbonyl (C=O) groups is 2. The summed E-state index contributed by atoms with van der Waals surface area (Å²) in [5.74, 6) is -1.38. The monoisotopic (exact) mass is 325 g/mol. The van der Waals surface area contributed by atoms with Gasteiger partial charge in [0.2, 0.25) is 5.91 Å². The standard InChI is InChI=1S/C19H19NO4/c1-19(13-7-6-10-15(11-13)24-2)16(18(22)23)12-17(21)20(19)14-8-4-3-5-9-14/h3-11,16H,12H2,1-2H3,(H,22,23). The van der Waals surface area contributed by atoms with Crippen LogP contribution in [0.2, 0.25) is 0 Å². The van der Waals surface area contributed by atoms with Gasteiger partial charge in [-0.2, -0.15) is 0 Å². The van der Waals surface area contributed by atoms with Crippen LogP contribution in [-0.2, 0) is 15.1 Å². The van der Waals surface area contributed by atoms with Gasteiger partial charge in [0, 0.05) is 12.1 Å². The molecule has 1 heterocycles. The largest absolute Gasteiger partial charge is 0.497 e. The molecule has 1 fully saturated rings. The van der Waals surface area contributed by atoms with E-state index in [1.807, 2.05) is 42.5 Å². The molecule has 1 aliphatic rings. The van der Waals surface area contributed by atoms with Crippen molar-refractivity contribution in [2.75, 3.05) is 12.0 Å². The van der Waals surface area contributed by atoms with Crippen LogP contribution in [0.25, 0.3) is 0 Å². The number of carboxylic acids is 1. The van der Waals surface area contributed by atoms with Gasteiger partial charge in [0.25, 0.3) is 0 Å². The van der Waals surface area contributed by atoms with E-state index in [0.717, 1.165) is 5.56 Å². The lowest BCUT2D eigenvalue weighted by atomic mass is 9.80. The number of amides is 1. The Labute approximate surface area is 140 Å². The molecule has 0 spiro atoms. The minimum atomic E-state index is -0.987. The summed E-state index contributed by atoms with van der Waals surface area (Å²) in [4.78, 5) is 26.1. The first-order chi connectivity index (χ1) is 11.5. The van der Waals surface area contributed by atoms with Crippen LogP contribution in [0.5, 0.6) is 5.75 Å². The van der Waals surface area contributed by atoms with Crippen LogP contribution in [0, 0.1) is 5.92 Å². The van der Waals surface area contributed by atoms with E-state index in [2.05, 4.69) is 0 Å². The van der Waals surface area contributed by atoms with E-state index in [-0.39, 0.29) is 12.3 Å². The summed E-state index contributed by atoms with van der Waals surface area (Å²) < 4.78 is 5.27. The molecule has 5 heteroatoms. The highest BCUT2D eigenvalue weighted by molar-refractivity contribution is 6.01. The summed E-state index contributed by atoms with van der Waals surface area (Å²) in [5.41, 5.74) is 0.444. The summed E-state index contributed by atoms with van der Waals surface area (Å²) in [5, 5.41) is 9.71. The molecular weight excluding hydrogens is 306 g/mol. The zero-order chi connectivity index (χ0) is 17.3. The molecule has 2 aromatic rings. The third-order valence-corrected chi connectivity index (χ3v) is 4.74. The average Bonchev–Trinajstić information content (AvgIpc) is 2.88. The van der Waals surface area contributed by atoms with Crippen LogP contribution in [0.1, 0.15) is 18.9 Å². The van der Waals surface area contributed by atoms with E-state index in [1.54, 1.807) is 31.1 Å². The van der Waals surface area contributed by atoms with Crippen LogP contribution in [0.3, 0.4) is 0 Å². The Bertz CT molecular complexity index is 774. The number of nitrogens with zero attached hydrogens (tertiary/aromatic N) is 1. The van der Waals surface area contributed by atoms with Crippen molar-refractivity contribution in [3.63, 3.8) is 0 Å². The van der Waals surface area contributed by atoms with Gasteiger partial charge in [0.1, 0.15) is 5.75 Å². The van der Waals surface area contributed by atoms with Gasteiger partial charge < -0.3 is 14.7 Å². The highest BCUT2D eigenvalue weighted by atomic mass is 16.5. The molecule has 0 bridgehead atoms. The second kappa shape index (κ2) is 6.00. The van der Waals surface area contributed by atoms with Gasteiger partial charge in [-0.1, -0.05) is 30.3 Å². The first-order valence-corrected chi connectivity index (χ1v) is 7.74. The molecule has 0 aliphatic carbocycles. The summed E-state index contributed by atoms with van der Waals surface area (Å²) >= 11 is 0. The fourth-order valence-electron chi connectivity index (χ4n) is 3.46. The molecule has 5 nitrogen and oxygen atoms in total. The Hall–Kier alpha value is -2.82. The van der Waals surface area contributed by atoms with Crippen LogP contribution in [0.15, 0.2) is 54.6 Å². The van der Waals surface area contributed by atoms with Crippen molar-refractivity contribution in [3.8, 4) is 5.75 Å². The number of methoxy groups -OCH3 is 1. The predicted molar refractivity (Wildman–Crippen MR) is 90.0 cm³/mol. The molecule has 2 aromatic carbocycles. The second-order valence-electron chi connectivity index (χ2n) is 6.04. The molecule has 3 rings (SSSR count). The Morgan fingerprint density at radius 2 is 1.92 bits per heavy atom. The number of aliphatic carboxylic acids is 1. The third kappa shape index (κ3) is 2.42. The Balaban J connectivity index is 2.19. The number of benzene rings is 2. The summed E-state index contributed by atoms with van der Waals surface area (Å²) in [7, 11) is 1.56. The maximum absolute atomic E-state index is 12.7. The van der Waals surface area contributed by atoms with E-state index in [4.69, 9.17) is 4.74 Å². The van der Waals surface area contributed by atoms with Crippen LogP contribution in [-0.4, -0.2) is 24.1 Å². The molecule has 1 amide bonds. The van der Waals surface area contributed by atoms with Crippen molar-refractivity contribution in [2.24, 2.45) is 5.92 Å². The fourth-order valence-corrected chi connectivity index (χ4v) is 3.46. The maximum atomic E-state index is 12.7. The normalized spacial score (nSPS) is 23.3. The van der Waals surface area contributed by atoms with E-state index in [1.165, 1.54) is 0 Å². The molecule has 0 radical (unpaired) electrons. The number of carbonyl (C=O) groups excluding carboxylic acids is 1. The van der Waals surface area contributed by atoms with Gasteiger partial charge in [-0.25, -0.2) is 0 Å². The lowest BCUT2D eigenvalue weighted by Crippen LogP contribution is -2.46. The van der Waals surface area contributed by atoms with Gasteiger partial charge in [0.15, 0.2) is 0 Å². The molecule has 1 aliphatic heterocycles. The molecule has 0 aromatic heterocycles. The topological polar surface area (TPSA) is 66.8 Å². The zero-order valence-electron chi connectivity index (χ0n) is 13.6. The fraction of sp³-hybridized carbons (Fsp3) is 0.263. The van der Waals surface area contributed by atoms with Gasteiger partial charge in [-0.15, -0.1) is 0 Å². The quantitative estimate of drug-likeness (QED) is 0.938. The average molecular weight is 325 g/mol. The lowest BCUT2D eigenvalue weighted by molar-refractivity contribution is -0.143. The van der Waals surface area contributed by atoms with Crippen molar-refractivity contribution in [2.45, 2.75) is 18.9 Å². The molecule has 2 atom stereocenters. The Morgan fingerprint density at radius 1 is 1.21 bits per heavy atom. The number of para-hydroxylation sites is 1. The predicted octanol–water partition coefficient (Wildman–Crippen LogP) is 3.05. The van der Waals surface area contributed by atoms with E-state index < -0.39 is 17.4 Å². The van der Waals surface area contributed by atoms with Crippen molar-refractivity contribution in [3.05, 3.63) is 60.2 Å².